The highest BCUT2D eigenvalue weighted by Crippen LogP contribution is 2.42. The van der Waals surface area contributed by atoms with Crippen molar-refractivity contribution in [3.63, 3.8) is 0 Å². The van der Waals surface area contributed by atoms with Crippen molar-refractivity contribution in [1.29, 1.82) is 0 Å². The summed E-state index contributed by atoms with van der Waals surface area (Å²) >= 11 is 0. The minimum absolute atomic E-state index is 0.103. The third-order valence-electron chi connectivity index (χ3n) is 7.44. The maximum Gasteiger partial charge on any atom is 0.0961 e. The van der Waals surface area contributed by atoms with Gasteiger partial charge in [-0.15, -0.1) is 0 Å². The van der Waals surface area contributed by atoms with Crippen LogP contribution < -0.4 is 0 Å². The van der Waals surface area contributed by atoms with Gasteiger partial charge in [0.05, 0.1) is 40.9 Å². The molecule has 6 heteroatoms. The number of benzene rings is 2. The smallest absolute Gasteiger partial charge is 0.0961 e. The third kappa shape index (κ3) is 3.44. The number of aromatic nitrogens is 4. The highest BCUT2D eigenvalue weighted by atomic mass is 16.3. The molecule has 0 bridgehead atoms. The third-order valence-corrected chi connectivity index (χ3v) is 7.44. The van der Waals surface area contributed by atoms with E-state index in [-0.39, 0.29) is 12.1 Å². The molecule has 3 heterocycles. The Morgan fingerprint density at radius 3 is 2.56 bits per heavy atom. The summed E-state index contributed by atoms with van der Waals surface area (Å²) in [6.07, 6.45) is 5.62. The highest BCUT2D eigenvalue weighted by molar-refractivity contribution is 5.75. The van der Waals surface area contributed by atoms with E-state index in [1.807, 2.05) is 47.4 Å². The average Bonchev–Trinajstić information content (AvgIpc) is 3.51. The van der Waals surface area contributed by atoms with Crippen molar-refractivity contribution in [1.82, 2.24) is 24.2 Å². The standard InChI is InChI=1S/C26H29N5O/c1-18-21(16-31(28-18)22-7-3-2-4-8-22)15-29-13-19-11-25(26(32)12-20(19)14-29)30-17-27-23-9-5-6-10-24(23)30/h2-10,16-17,19-20,25-26,32H,11-15H2,1H3/t19-,20+,25-,26-/m1/s1. The van der Waals surface area contributed by atoms with E-state index >= 15 is 0 Å². The summed E-state index contributed by atoms with van der Waals surface area (Å²) in [4.78, 5) is 7.11. The number of fused-ring (bicyclic) bond motifs is 2. The van der Waals surface area contributed by atoms with Crippen LogP contribution >= 0.6 is 0 Å². The van der Waals surface area contributed by atoms with Crippen molar-refractivity contribution in [2.75, 3.05) is 13.1 Å². The topological polar surface area (TPSA) is 59.1 Å². The summed E-state index contributed by atoms with van der Waals surface area (Å²) in [6.45, 7) is 5.15. The van der Waals surface area contributed by atoms with E-state index in [1.165, 1.54) is 5.56 Å². The number of likely N-dealkylation sites (tertiary alicyclic amines) is 1. The molecule has 0 unspecified atom stereocenters. The molecule has 6 nitrogen and oxygen atoms in total. The Balaban J connectivity index is 1.18. The summed E-state index contributed by atoms with van der Waals surface area (Å²) in [5.41, 5.74) is 5.58. The van der Waals surface area contributed by atoms with E-state index in [2.05, 4.69) is 45.8 Å². The van der Waals surface area contributed by atoms with Gasteiger partial charge >= 0.3 is 0 Å². The van der Waals surface area contributed by atoms with Gasteiger partial charge in [-0.25, -0.2) is 9.67 Å². The SMILES string of the molecule is Cc1nn(-c2ccccc2)cc1CN1C[C@H]2C[C@@H](n3cnc4ccccc43)[C@H](O)C[C@H]2C1. The first-order valence-electron chi connectivity index (χ1n) is 11.6. The zero-order chi connectivity index (χ0) is 21.7. The monoisotopic (exact) mass is 427 g/mol. The number of para-hydroxylation sites is 3. The first-order chi connectivity index (χ1) is 15.7. The van der Waals surface area contributed by atoms with E-state index in [9.17, 15) is 5.11 Å². The number of hydrogen-bond acceptors (Lipinski definition) is 4. The fourth-order valence-corrected chi connectivity index (χ4v) is 5.78. The second-order valence-electron chi connectivity index (χ2n) is 9.48. The second-order valence-corrected chi connectivity index (χ2v) is 9.48. The lowest BCUT2D eigenvalue weighted by molar-refractivity contribution is 0.0374. The summed E-state index contributed by atoms with van der Waals surface area (Å²) in [6, 6.07) is 18.6. The average molecular weight is 428 g/mol. The Morgan fingerprint density at radius 1 is 0.969 bits per heavy atom. The van der Waals surface area contributed by atoms with Gasteiger partial charge in [0.1, 0.15) is 0 Å². The molecular formula is C26H29N5O. The first-order valence-corrected chi connectivity index (χ1v) is 11.6. The van der Waals surface area contributed by atoms with Crippen LogP contribution in [0.25, 0.3) is 16.7 Å². The molecule has 4 aromatic rings. The van der Waals surface area contributed by atoms with Crippen LogP contribution in [0.5, 0.6) is 0 Å². The molecule has 1 saturated carbocycles. The van der Waals surface area contributed by atoms with Crippen molar-refractivity contribution in [2.24, 2.45) is 11.8 Å². The summed E-state index contributed by atoms with van der Waals surface area (Å²) in [5, 5.41) is 15.8. The Labute approximate surface area is 188 Å². The van der Waals surface area contributed by atoms with Crippen LogP contribution in [-0.4, -0.2) is 48.5 Å². The van der Waals surface area contributed by atoms with E-state index in [0.29, 0.717) is 11.8 Å². The molecule has 1 aliphatic heterocycles. The van der Waals surface area contributed by atoms with Crippen molar-refractivity contribution in [2.45, 2.75) is 38.5 Å². The van der Waals surface area contributed by atoms with Gasteiger partial charge in [-0.3, -0.25) is 4.90 Å². The molecule has 1 saturated heterocycles. The quantitative estimate of drug-likeness (QED) is 0.535. The Bertz CT molecular complexity index is 1230. The van der Waals surface area contributed by atoms with Gasteiger partial charge in [0.25, 0.3) is 0 Å². The van der Waals surface area contributed by atoms with E-state index in [1.54, 1.807) is 0 Å². The first kappa shape index (κ1) is 19.7. The van der Waals surface area contributed by atoms with Crippen molar-refractivity contribution >= 4 is 11.0 Å². The van der Waals surface area contributed by atoms with Crippen molar-refractivity contribution in [3.8, 4) is 5.69 Å². The van der Waals surface area contributed by atoms with Gasteiger partial charge in [-0.05, 0) is 55.9 Å². The maximum absolute atomic E-state index is 11.0. The lowest BCUT2D eigenvalue weighted by Gasteiger charge is -2.36. The van der Waals surface area contributed by atoms with Crippen molar-refractivity contribution < 1.29 is 5.11 Å². The molecule has 2 aliphatic rings. The Kier molecular flexibility index (Phi) is 4.85. The number of aryl methyl sites for hydroxylation is 1. The van der Waals surface area contributed by atoms with Crippen LogP contribution in [0.3, 0.4) is 0 Å². The molecule has 0 amide bonds. The van der Waals surface area contributed by atoms with Gasteiger partial charge in [-0.2, -0.15) is 5.10 Å². The largest absolute Gasteiger partial charge is 0.391 e. The minimum Gasteiger partial charge on any atom is -0.391 e. The fraction of sp³-hybridized carbons (Fsp3) is 0.385. The Hall–Kier alpha value is -2.96. The zero-order valence-electron chi connectivity index (χ0n) is 18.4. The number of imidazole rings is 1. The Morgan fingerprint density at radius 2 is 1.72 bits per heavy atom. The molecule has 2 aromatic carbocycles. The molecule has 1 N–H and O–H groups in total. The number of aliphatic hydroxyl groups is 1. The van der Waals surface area contributed by atoms with Crippen molar-refractivity contribution in [3.05, 3.63) is 78.4 Å². The molecule has 164 valence electrons. The normalized spacial score (nSPS) is 25.9. The highest BCUT2D eigenvalue weighted by Gasteiger charge is 2.42. The molecule has 4 atom stereocenters. The van der Waals surface area contributed by atoms with E-state index < -0.39 is 0 Å². The lowest BCUT2D eigenvalue weighted by Crippen LogP contribution is -2.36. The zero-order valence-corrected chi connectivity index (χ0v) is 18.4. The molecule has 6 rings (SSSR count). The van der Waals surface area contributed by atoms with Crippen LogP contribution in [0.4, 0.5) is 0 Å². The maximum atomic E-state index is 11.0. The molecular weight excluding hydrogens is 398 g/mol. The summed E-state index contributed by atoms with van der Waals surface area (Å²) in [7, 11) is 0. The number of hydrogen-bond donors (Lipinski definition) is 1. The number of rotatable bonds is 4. The van der Waals surface area contributed by atoms with E-state index in [4.69, 9.17) is 5.10 Å². The molecule has 0 radical (unpaired) electrons. The minimum atomic E-state index is -0.323. The van der Waals surface area contributed by atoms with Crippen LogP contribution in [0, 0.1) is 18.8 Å². The summed E-state index contributed by atoms with van der Waals surface area (Å²) < 4.78 is 4.19. The molecule has 2 aromatic heterocycles. The lowest BCUT2D eigenvalue weighted by atomic mass is 9.77. The van der Waals surface area contributed by atoms with Crippen LogP contribution in [-0.2, 0) is 6.54 Å². The van der Waals surface area contributed by atoms with E-state index in [0.717, 1.165) is 54.9 Å². The van der Waals surface area contributed by atoms with Crippen LogP contribution in [0.1, 0.15) is 30.1 Å². The van der Waals surface area contributed by atoms with Gasteiger partial charge in [0, 0.05) is 31.4 Å². The predicted octanol–water partition coefficient (Wildman–Crippen LogP) is 3.97. The molecule has 2 fully saturated rings. The molecule has 32 heavy (non-hydrogen) atoms. The number of aliphatic hydroxyl groups excluding tert-OH is 1. The molecule has 1 aliphatic carbocycles. The van der Waals surface area contributed by atoms with Gasteiger partial charge in [0.2, 0.25) is 0 Å². The molecule has 0 spiro atoms. The number of nitrogens with zero attached hydrogens (tertiary/aromatic N) is 5. The fourth-order valence-electron chi connectivity index (χ4n) is 5.78. The second kappa shape index (κ2) is 7.87. The summed E-state index contributed by atoms with van der Waals surface area (Å²) in [5.74, 6) is 1.16. The predicted molar refractivity (Wildman–Crippen MR) is 125 cm³/mol. The van der Waals surface area contributed by atoms with Gasteiger partial charge in [-0.1, -0.05) is 30.3 Å². The van der Waals surface area contributed by atoms with Gasteiger partial charge in [0.15, 0.2) is 0 Å². The van der Waals surface area contributed by atoms with Gasteiger partial charge < -0.3 is 9.67 Å². The van der Waals surface area contributed by atoms with Crippen LogP contribution in [0.2, 0.25) is 0 Å². The van der Waals surface area contributed by atoms with Crippen LogP contribution in [0.15, 0.2) is 67.1 Å².